The molecule has 2 aromatic rings. The molecule has 5 heteroatoms. The molecule has 0 amide bonds. The zero-order chi connectivity index (χ0) is 15.5. The zero-order valence-corrected chi connectivity index (χ0v) is 12.1. The topological polar surface area (TPSA) is 61.8 Å². The molecule has 0 saturated carbocycles. The van der Waals surface area contributed by atoms with Crippen LogP contribution in [0.5, 0.6) is 0 Å². The number of ether oxygens (including phenoxy) is 2. The van der Waals surface area contributed by atoms with Crippen molar-refractivity contribution in [3.63, 3.8) is 0 Å². The maximum atomic E-state index is 11.3. The molecule has 0 aliphatic heterocycles. The molecule has 5 nitrogen and oxygen atoms in total. The molecular weight excluding hydrogens is 284 g/mol. The Morgan fingerprint density at radius 3 is 1.82 bits per heavy atom. The minimum absolute atomic E-state index is 0.276. The monoisotopic (exact) mass is 302 g/mol. The van der Waals surface area contributed by atoms with E-state index in [0.29, 0.717) is 12.8 Å². The van der Waals surface area contributed by atoms with Crippen LogP contribution in [0.4, 0.5) is 4.79 Å². The third-order valence-corrected chi connectivity index (χ3v) is 2.66. The molecule has 0 fully saturated rings. The fourth-order valence-electron chi connectivity index (χ4n) is 1.63. The van der Waals surface area contributed by atoms with Crippen molar-refractivity contribution in [3.8, 4) is 0 Å². The molecule has 0 aromatic carbocycles. The number of carbonyl (C=O) groups excluding carboxylic acids is 1. The molecular formula is C17H18O5. The molecule has 0 unspecified atom stereocenters. The lowest BCUT2D eigenvalue weighted by atomic mass is 10.3. The van der Waals surface area contributed by atoms with E-state index in [2.05, 4.69) is 0 Å². The third-order valence-electron chi connectivity index (χ3n) is 2.66. The Morgan fingerprint density at radius 2 is 1.41 bits per heavy atom. The van der Waals surface area contributed by atoms with E-state index in [-0.39, 0.29) is 13.2 Å². The third kappa shape index (κ3) is 6.17. The second kappa shape index (κ2) is 9.28. The molecule has 0 aliphatic rings. The summed E-state index contributed by atoms with van der Waals surface area (Å²) in [5.74, 6) is 1.54. The normalized spacial score (nSPS) is 11.3. The average molecular weight is 302 g/mol. The van der Waals surface area contributed by atoms with Crippen molar-refractivity contribution >= 4 is 18.3 Å². The van der Waals surface area contributed by atoms with E-state index in [1.165, 1.54) is 0 Å². The Morgan fingerprint density at radius 1 is 0.909 bits per heavy atom. The highest BCUT2D eigenvalue weighted by molar-refractivity contribution is 5.59. The van der Waals surface area contributed by atoms with Gasteiger partial charge in [0.15, 0.2) is 0 Å². The molecule has 22 heavy (non-hydrogen) atoms. The molecule has 0 N–H and O–H groups in total. The summed E-state index contributed by atoms with van der Waals surface area (Å²) in [6.07, 6.45) is 11.2. The van der Waals surface area contributed by atoms with Crippen molar-refractivity contribution in [2.45, 2.75) is 12.8 Å². The fourth-order valence-corrected chi connectivity index (χ4v) is 1.63. The van der Waals surface area contributed by atoms with Gasteiger partial charge in [0.25, 0.3) is 0 Å². The first kappa shape index (κ1) is 15.7. The Kier molecular flexibility index (Phi) is 6.62. The van der Waals surface area contributed by atoms with Crippen LogP contribution in [-0.4, -0.2) is 19.4 Å². The number of furan rings is 2. The molecule has 0 spiro atoms. The molecule has 2 rings (SSSR count). The fraction of sp³-hybridized carbons (Fsp3) is 0.235. The summed E-state index contributed by atoms with van der Waals surface area (Å²) in [6.45, 7) is 0.552. The minimum atomic E-state index is -0.655. The molecule has 0 aliphatic carbocycles. The van der Waals surface area contributed by atoms with E-state index < -0.39 is 6.16 Å². The number of hydrogen-bond donors (Lipinski definition) is 0. The van der Waals surface area contributed by atoms with Crippen molar-refractivity contribution in [3.05, 3.63) is 60.5 Å². The summed E-state index contributed by atoms with van der Waals surface area (Å²) in [6, 6.07) is 7.32. The van der Waals surface area contributed by atoms with Gasteiger partial charge in [-0.05, 0) is 36.4 Å². The molecule has 0 atom stereocenters. The first-order valence-corrected chi connectivity index (χ1v) is 7.04. The highest BCUT2D eigenvalue weighted by Gasteiger charge is 2.01. The van der Waals surface area contributed by atoms with E-state index in [1.54, 1.807) is 12.5 Å². The van der Waals surface area contributed by atoms with Gasteiger partial charge in [-0.3, -0.25) is 0 Å². The summed E-state index contributed by atoms with van der Waals surface area (Å²) < 4.78 is 20.1. The molecule has 0 bridgehead atoms. The van der Waals surface area contributed by atoms with Crippen LogP contribution < -0.4 is 0 Å². The second-order valence-electron chi connectivity index (χ2n) is 4.36. The summed E-state index contributed by atoms with van der Waals surface area (Å²) in [5, 5.41) is 0. The maximum Gasteiger partial charge on any atom is 0.508 e. The SMILES string of the molecule is O=C(OCC/C=C/c1ccco1)OCC/C=C/c1ccco1. The summed E-state index contributed by atoms with van der Waals surface area (Å²) in [4.78, 5) is 11.3. The summed E-state index contributed by atoms with van der Waals surface area (Å²) in [5.41, 5.74) is 0. The van der Waals surface area contributed by atoms with E-state index in [4.69, 9.17) is 18.3 Å². The van der Waals surface area contributed by atoms with Gasteiger partial charge in [0.2, 0.25) is 0 Å². The van der Waals surface area contributed by atoms with Crippen LogP contribution >= 0.6 is 0 Å². The Hall–Kier alpha value is -2.69. The van der Waals surface area contributed by atoms with Crippen molar-refractivity contribution < 1.29 is 23.1 Å². The average Bonchev–Trinajstić information content (AvgIpc) is 3.19. The Balaban J connectivity index is 1.49. The lowest BCUT2D eigenvalue weighted by molar-refractivity contribution is 0.0578. The second-order valence-corrected chi connectivity index (χ2v) is 4.36. The zero-order valence-electron chi connectivity index (χ0n) is 12.1. The van der Waals surface area contributed by atoms with Crippen LogP contribution in [0.15, 0.2) is 57.8 Å². The van der Waals surface area contributed by atoms with Gasteiger partial charge in [0.1, 0.15) is 11.5 Å². The lowest BCUT2D eigenvalue weighted by Crippen LogP contribution is -2.08. The van der Waals surface area contributed by atoms with Gasteiger partial charge in [-0.25, -0.2) is 4.79 Å². The van der Waals surface area contributed by atoms with E-state index in [0.717, 1.165) is 11.5 Å². The quantitative estimate of drug-likeness (QED) is 0.529. The highest BCUT2D eigenvalue weighted by atomic mass is 16.7. The van der Waals surface area contributed by atoms with Gasteiger partial charge in [-0.1, -0.05) is 12.2 Å². The molecule has 2 aromatic heterocycles. The first-order chi connectivity index (χ1) is 10.8. The highest BCUT2D eigenvalue weighted by Crippen LogP contribution is 2.04. The van der Waals surface area contributed by atoms with Gasteiger partial charge in [0, 0.05) is 12.8 Å². The number of hydrogen-bond acceptors (Lipinski definition) is 5. The molecule has 0 saturated heterocycles. The van der Waals surface area contributed by atoms with Gasteiger partial charge in [-0.2, -0.15) is 0 Å². The van der Waals surface area contributed by atoms with Crippen LogP contribution in [-0.2, 0) is 9.47 Å². The number of rotatable bonds is 8. The Bertz CT molecular complexity index is 526. The van der Waals surface area contributed by atoms with Gasteiger partial charge >= 0.3 is 6.16 Å². The van der Waals surface area contributed by atoms with Crippen LogP contribution in [0.25, 0.3) is 12.2 Å². The van der Waals surface area contributed by atoms with Crippen LogP contribution in [0, 0.1) is 0 Å². The predicted molar refractivity (Wildman–Crippen MR) is 82.0 cm³/mol. The van der Waals surface area contributed by atoms with E-state index in [1.807, 2.05) is 48.6 Å². The van der Waals surface area contributed by atoms with E-state index >= 15 is 0 Å². The van der Waals surface area contributed by atoms with Crippen molar-refractivity contribution in [2.75, 3.05) is 13.2 Å². The molecule has 116 valence electrons. The molecule has 2 heterocycles. The first-order valence-electron chi connectivity index (χ1n) is 7.04. The smallest absolute Gasteiger partial charge is 0.465 e. The lowest BCUT2D eigenvalue weighted by Gasteiger charge is -2.03. The van der Waals surface area contributed by atoms with E-state index in [9.17, 15) is 4.79 Å². The maximum absolute atomic E-state index is 11.3. The van der Waals surface area contributed by atoms with Crippen LogP contribution in [0.1, 0.15) is 24.4 Å². The van der Waals surface area contributed by atoms with Crippen molar-refractivity contribution in [1.82, 2.24) is 0 Å². The van der Waals surface area contributed by atoms with Crippen molar-refractivity contribution in [2.24, 2.45) is 0 Å². The predicted octanol–water partition coefficient (Wildman–Crippen LogP) is 4.53. The van der Waals surface area contributed by atoms with Crippen LogP contribution in [0.2, 0.25) is 0 Å². The Labute approximate surface area is 128 Å². The van der Waals surface area contributed by atoms with Crippen LogP contribution in [0.3, 0.4) is 0 Å². The molecule has 0 radical (unpaired) electrons. The van der Waals surface area contributed by atoms with Gasteiger partial charge < -0.3 is 18.3 Å². The van der Waals surface area contributed by atoms with Crippen molar-refractivity contribution in [1.29, 1.82) is 0 Å². The van der Waals surface area contributed by atoms with Gasteiger partial charge in [-0.15, -0.1) is 0 Å². The number of carbonyl (C=O) groups is 1. The van der Waals surface area contributed by atoms with Gasteiger partial charge in [0.05, 0.1) is 25.7 Å². The largest absolute Gasteiger partial charge is 0.508 e. The summed E-state index contributed by atoms with van der Waals surface area (Å²) >= 11 is 0. The standard InChI is InChI=1S/C17H18O5/c18-17(21-11-3-1-7-15-9-5-13-19-15)22-12-4-2-8-16-10-6-14-20-16/h1-2,5-10,13-14H,3-4,11-12H2/b7-1+,8-2+. The summed E-state index contributed by atoms with van der Waals surface area (Å²) in [7, 11) is 0. The minimum Gasteiger partial charge on any atom is -0.465 e.